The number of halogens is 3. The Hall–Kier alpha value is -0.560. The van der Waals surface area contributed by atoms with Gasteiger partial charge < -0.3 is 9.53 Å². The minimum Gasteiger partial charge on any atom is -0.377 e. The molecule has 1 aliphatic rings. The molecule has 0 aromatic carbocycles. The zero-order valence-electron chi connectivity index (χ0n) is 9.33. The summed E-state index contributed by atoms with van der Waals surface area (Å²) in [6.45, 7) is -0.412. The van der Waals surface area contributed by atoms with Gasteiger partial charge in [-0.2, -0.15) is 0 Å². The van der Waals surface area contributed by atoms with Gasteiger partial charge in [0, 0.05) is 16.2 Å². The Balaban J connectivity index is 2.42. The van der Waals surface area contributed by atoms with E-state index in [0.717, 1.165) is 0 Å². The van der Waals surface area contributed by atoms with Crippen LogP contribution in [0.2, 0.25) is 5.15 Å². The summed E-state index contributed by atoms with van der Waals surface area (Å²) in [6.07, 6.45) is 2.22. The van der Waals surface area contributed by atoms with Crippen LogP contribution in [0.15, 0.2) is 16.7 Å². The summed E-state index contributed by atoms with van der Waals surface area (Å²) in [5.41, 5.74) is -0.648. The molecular weight excluding hydrogens is 326 g/mol. The van der Waals surface area contributed by atoms with Crippen LogP contribution in [0.5, 0.6) is 0 Å². The van der Waals surface area contributed by atoms with E-state index in [-0.39, 0.29) is 18.4 Å². The van der Waals surface area contributed by atoms with Gasteiger partial charge in [-0.25, -0.2) is 9.37 Å². The van der Waals surface area contributed by atoms with Crippen LogP contribution in [0.4, 0.5) is 4.39 Å². The number of nitrogens with one attached hydrogen (secondary N) is 1. The minimum absolute atomic E-state index is 0.103. The molecular formula is C11H11BrClFN2O2. The lowest BCUT2D eigenvalue weighted by molar-refractivity contribution is -0.115. The number of morpholine rings is 1. The Labute approximate surface area is 117 Å². The van der Waals surface area contributed by atoms with Crippen LogP contribution in [0, 0.1) is 0 Å². The van der Waals surface area contributed by atoms with Crippen molar-refractivity contribution < 1.29 is 13.9 Å². The fourth-order valence-corrected chi connectivity index (χ4v) is 2.55. The lowest BCUT2D eigenvalue weighted by atomic mass is 9.91. The molecule has 0 radical (unpaired) electrons. The van der Waals surface area contributed by atoms with E-state index in [2.05, 4.69) is 26.2 Å². The van der Waals surface area contributed by atoms with Crippen molar-refractivity contribution in [3.05, 3.63) is 27.5 Å². The summed E-state index contributed by atoms with van der Waals surface area (Å²) in [5, 5.41) is 3.13. The number of rotatable bonds is 3. The molecule has 1 fully saturated rings. The number of carbonyl (C=O) groups excluding carboxylic acids is 1. The van der Waals surface area contributed by atoms with Crippen LogP contribution in [-0.2, 0) is 15.1 Å². The van der Waals surface area contributed by atoms with E-state index in [4.69, 9.17) is 16.3 Å². The van der Waals surface area contributed by atoms with Gasteiger partial charge in [0.1, 0.15) is 18.1 Å². The number of aldehydes is 1. The maximum absolute atomic E-state index is 13.5. The molecule has 1 aromatic rings. The summed E-state index contributed by atoms with van der Waals surface area (Å²) in [4.78, 5) is 14.8. The molecule has 98 valence electrons. The first-order valence-electron chi connectivity index (χ1n) is 5.29. The van der Waals surface area contributed by atoms with Crippen molar-refractivity contribution in [2.24, 2.45) is 0 Å². The van der Waals surface area contributed by atoms with Crippen molar-refractivity contribution in [3.8, 4) is 0 Å². The maximum atomic E-state index is 13.5. The standard InChI is InChI=1S/C11H11BrClFN2O2/c12-7-1-9(10(13)15-2-7)11(5-14)6-18-4-8(3-17)16-11/h1-3,8,16H,4-6H2. The molecule has 1 aliphatic heterocycles. The predicted molar refractivity (Wildman–Crippen MR) is 68.4 cm³/mol. The van der Waals surface area contributed by atoms with Gasteiger partial charge in [-0.3, -0.25) is 5.32 Å². The number of aromatic nitrogens is 1. The van der Waals surface area contributed by atoms with Crippen molar-refractivity contribution in [1.82, 2.24) is 10.3 Å². The zero-order chi connectivity index (χ0) is 13.2. The van der Waals surface area contributed by atoms with E-state index in [9.17, 15) is 9.18 Å². The van der Waals surface area contributed by atoms with Crippen molar-refractivity contribution in [1.29, 1.82) is 0 Å². The largest absolute Gasteiger partial charge is 0.377 e. The topological polar surface area (TPSA) is 51.2 Å². The Morgan fingerprint density at radius 3 is 3.22 bits per heavy atom. The van der Waals surface area contributed by atoms with Crippen molar-refractivity contribution in [2.45, 2.75) is 11.6 Å². The fraction of sp³-hybridized carbons (Fsp3) is 0.455. The number of alkyl halides is 1. The molecule has 0 saturated carbocycles. The van der Waals surface area contributed by atoms with Crippen LogP contribution in [0.25, 0.3) is 0 Å². The Kier molecular flexibility index (Phi) is 4.32. The molecule has 0 amide bonds. The highest BCUT2D eigenvalue weighted by Crippen LogP contribution is 2.32. The smallest absolute Gasteiger partial charge is 0.139 e. The summed E-state index contributed by atoms with van der Waals surface area (Å²) in [6, 6.07) is 1.13. The molecule has 2 rings (SSSR count). The predicted octanol–water partition coefficient (Wildman–Crippen LogP) is 1.85. The molecule has 7 heteroatoms. The highest BCUT2D eigenvalue weighted by atomic mass is 79.9. The number of carbonyl (C=O) groups is 1. The molecule has 2 heterocycles. The van der Waals surface area contributed by atoms with Gasteiger partial charge in [0.25, 0.3) is 0 Å². The van der Waals surface area contributed by atoms with E-state index in [1.54, 1.807) is 6.07 Å². The molecule has 1 saturated heterocycles. The summed E-state index contributed by atoms with van der Waals surface area (Å²) in [7, 11) is 0. The van der Waals surface area contributed by atoms with Gasteiger partial charge in [0.2, 0.25) is 0 Å². The lowest BCUT2D eigenvalue weighted by Crippen LogP contribution is -2.59. The number of ether oxygens (including phenoxy) is 1. The van der Waals surface area contributed by atoms with Crippen LogP contribution in [0.1, 0.15) is 5.56 Å². The summed E-state index contributed by atoms with van der Waals surface area (Å²) < 4.78 is 19.5. The SMILES string of the molecule is O=CC1COCC(CF)(c2cc(Br)cnc2Cl)N1. The van der Waals surface area contributed by atoms with Crippen molar-refractivity contribution >= 4 is 33.8 Å². The van der Waals surface area contributed by atoms with Gasteiger partial charge in [-0.15, -0.1) is 0 Å². The molecule has 2 unspecified atom stereocenters. The minimum atomic E-state index is -1.13. The second-order valence-electron chi connectivity index (χ2n) is 4.11. The van der Waals surface area contributed by atoms with Crippen molar-refractivity contribution in [2.75, 3.05) is 19.9 Å². The van der Waals surface area contributed by atoms with Crippen LogP contribution in [-0.4, -0.2) is 37.2 Å². The second-order valence-corrected chi connectivity index (χ2v) is 5.38. The number of pyridine rings is 1. The van der Waals surface area contributed by atoms with Gasteiger partial charge in [0.05, 0.1) is 24.8 Å². The lowest BCUT2D eigenvalue weighted by Gasteiger charge is -2.39. The van der Waals surface area contributed by atoms with Gasteiger partial charge >= 0.3 is 0 Å². The van der Waals surface area contributed by atoms with Crippen LogP contribution < -0.4 is 5.32 Å². The second kappa shape index (κ2) is 5.61. The van der Waals surface area contributed by atoms with E-state index in [0.29, 0.717) is 16.3 Å². The molecule has 0 spiro atoms. The van der Waals surface area contributed by atoms with Crippen LogP contribution >= 0.6 is 27.5 Å². The molecule has 1 N–H and O–H groups in total. The number of nitrogens with zero attached hydrogens (tertiary/aromatic N) is 1. The van der Waals surface area contributed by atoms with Crippen molar-refractivity contribution in [3.63, 3.8) is 0 Å². The van der Waals surface area contributed by atoms with Gasteiger partial charge in [-0.1, -0.05) is 11.6 Å². The van der Waals surface area contributed by atoms with Crippen LogP contribution in [0.3, 0.4) is 0 Å². The normalized spacial score (nSPS) is 28.1. The highest BCUT2D eigenvalue weighted by Gasteiger charge is 2.40. The molecule has 0 aliphatic carbocycles. The first kappa shape index (κ1) is 13.9. The molecule has 4 nitrogen and oxygen atoms in total. The van der Waals surface area contributed by atoms with E-state index in [1.165, 1.54) is 6.20 Å². The quantitative estimate of drug-likeness (QED) is 0.675. The first-order valence-corrected chi connectivity index (χ1v) is 6.46. The Bertz CT molecular complexity index is 463. The third kappa shape index (κ3) is 2.56. The first-order chi connectivity index (χ1) is 8.61. The molecule has 0 bridgehead atoms. The third-order valence-electron chi connectivity index (χ3n) is 2.82. The molecule has 1 aromatic heterocycles. The fourth-order valence-electron chi connectivity index (χ4n) is 1.93. The monoisotopic (exact) mass is 336 g/mol. The average Bonchev–Trinajstić information content (AvgIpc) is 2.41. The highest BCUT2D eigenvalue weighted by molar-refractivity contribution is 9.10. The molecule has 18 heavy (non-hydrogen) atoms. The third-order valence-corrected chi connectivity index (χ3v) is 3.56. The maximum Gasteiger partial charge on any atom is 0.139 e. The van der Waals surface area contributed by atoms with E-state index < -0.39 is 18.3 Å². The van der Waals surface area contributed by atoms with E-state index in [1.807, 2.05) is 0 Å². The average molecular weight is 338 g/mol. The number of hydrogen-bond acceptors (Lipinski definition) is 4. The summed E-state index contributed by atoms with van der Waals surface area (Å²) >= 11 is 9.27. The van der Waals surface area contributed by atoms with E-state index >= 15 is 0 Å². The zero-order valence-corrected chi connectivity index (χ0v) is 11.7. The van der Waals surface area contributed by atoms with Gasteiger partial charge in [0.15, 0.2) is 0 Å². The van der Waals surface area contributed by atoms with Gasteiger partial charge in [-0.05, 0) is 22.0 Å². The number of hydrogen-bond donors (Lipinski definition) is 1. The molecule has 2 atom stereocenters. The summed E-state index contributed by atoms with van der Waals surface area (Å²) in [5.74, 6) is 0. The Morgan fingerprint density at radius 1 is 1.78 bits per heavy atom. The Morgan fingerprint density at radius 2 is 2.56 bits per heavy atom.